The number of para-hydroxylation sites is 1. The fraction of sp³-hybridized carbons (Fsp3) is 0.167. The number of hydrogen-bond acceptors (Lipinski definition) is 3. The summed E-state index contributed by atoms with van der Waals surface area (Å²) in [4.78, 5) is 4.50. The molecule has 0 spiro atoms. The van der Waals surface area contributed by atoms with Crippen LogP contribution in [0.1, 0.15) is 6.92 Å². The molecule has 1 atom stereocenters. The summed E-state index contributed by atoms with van der Waals surface area (Å²) in [6, 6.07) is 17.1. The van der Waals surface area contributed by atoms with Crippen LogP contribution in [0.3, 0.4) is 0 Å². The van der Waals surface area contributed by atoms with E-state index in [0.29, 0.717) is 11.6 Å². The Hall–Kier alpha value is -2.10. The van der Waals surface area contributed by atoms with Gasteiger partial charge in [-0.25, -0.2) is 0 Å². The highest BCUT2D eigenvalue weighted by Gasteiger charge is 2.06. The lowest BCUT2D eigenvalue weighted by atomic mass is 10.1. The van der Waals surface area contributed by atoms with E-state index in [1.54, 1.807) is 6.92 Å². The Morgan fingerprint density at radius 1 is 1.14 bits per heavy atom. The SMILES string of the molecule is C[C@H](O)CN=c1cc(-c2ccc(Cl)cc2)oc2ccccc12. The van der Waals surface area contributed by atoms with Gasteiger partial charge >= 0.3 is 0 Å². The summed E-state index contributed by atoms with van der Waals surface area (Å²) >= 11 is 5.93. The molecule has 1 heterocycles. The molecule has 2 aromatic carbocycles. The van der Waals surface area contributed by atoms with Crippen molar-refractivity contribution in [1.29, 1.82) is 0 Å². The second-order valence-corrected chi connectivity index (χ2v) is 5.63. The van der Waals surface area contributed by atoms with Crippen molar-refractivity contribution in [3.05, 3.63) is 65.0 Å². The highest BCUT2D eigenvalue weighted by Crippen LogP contribution is 2.23. The number of aliphatic hydroxyl groups is 1. The third-order valence-corrected chi connectivity index (χ3v) is 3.56. The molecule has 0 amide bonds. The van der Waals surface area contributed by atoms with Crippen LogP contribution in [0.15, 0.2) is 64.0 Å². The predicted octanol–water partition coefficient (Wildman–Crippen LogP) is 4.03. The van der Waals surface area contributed by atoms with Crippen molar-refractivity contribution in [3.63, 3.8) is 0 Å². The summed E-state index contributed by atoms with van der Waals surface area (Å²) < 4.78 is 5.97. The Kier molecular flexibility index (Phi) is 4.27. The van der Waals surface area contributed by atoms with Gasteiger partial charge in [0.25, 0.3) is 0 Å². The molecule has 1 N–H and O–H groups in total. The van der Waals surface area contributed by atoms with Gasteiger partial charge in [0.05, 0.1) is 18.0 Å². The molecule has 0 aliphatic carbocycles. The highest BCUT2D eigenvalue weighted by atomic mass is 35.5. The van der Waals surface area contributed by atoms with Crippen molar-refractivity contribution in [2.75, 3.05) is 6.54 Å². The summed E-state index contributed by atoms with van der Waals surface area (Å²) in [6.07, 6.45) is -0.477. The largest absolute Gasteiger partial charge is 0.456 e. The van der Waals surface area contributed by atoms with Crippen LogP contribution in [0.2, 0.25) is 5.02 Å². The topological polar surface area (TPSA) is 45.7 Å². The minimum Gasteiger partial charge on any atom is -0.456 e. The fourth-order valence-corrected chi connectivity index (χ4v) is 2.36. The van der Waals surface area contributed by atoms with E-state index in [1.807, 2.05) is 54.6 Å². The van der Waals surface area contributed by atoms with E-state index in [-0.39, 0.29) is 0 Å². The number of halogens is 1. The van der Waals surface area contributed by atoms with Gasteiger partial charge < -0.3 is 9.52 Å². The van der Waals surface area contributed by atoms with E-state index in [9.17, 15) is 5.11 Å². The Morgan fingerprint density at radius 3 is 2.59 bits per heavy atom. The highest BCUT2D eigenvalue weighted by molar-refractivity contribution is 6.30. The maximum atomic E-state index is 9.47. The van der Waals surface area contributed by atoms with Crippen LogP contribution in [-0.4, -0.2) is 17.8 Å². The number of benzene rings is 2. The zero-order valence-electron chi connectivity index (χ0n) is 12.2. The van der Waals surface area contributed by atoms with Crippen molar-refractivity contribution < 1.29 is 9.52 Å². The van der Waals surface area contributed by atoms with Crippen LogP contribution in [0.5, 0.6) is 0 Å². The third-order valence-electron chi connectivity index (χ3n) is 3.31. The Labute approximate surface area is 133 Å². The minimum atomic E-state index is -0.477. The molecule has 3 nitrogen and oxygen atoms in total. The third kappa shape index (κ3) is 3.21. The smallest absolute Gasteiger partial charge is 0.136 e. The molecule has 4 heteroatoms. The molecule has 0 saturated heterocycles. The molecular weight excluding hydrogens is 298 g/mol. The maximum absolute atomic E-state index is 9.47. The van der Waals surface area contributed by atoms with Crippen LogP contribution >= 0.6 is 11.6 Å². The molecule has 3 rings (SSSR count). The molecule has 112 valence electrons. The molecule has 0 fully saturated rings. The second-order valence-electron chi connectivity index (χ2n) is 5.19. The van der Waals surface area contributed by atoms with E-state index in [0.717, 1.165) is 27.7 Å². The Bertz CT molecular complexity index is 851. The van der Waals surface area contributed by atoms with Crippen molar-refractivity contribution in [3.8, 4) is 11.3 Å². The lowest BCUT2D eigenvalue weighted by molar-refractivity contribution is 0.203. The molecule has 0 unspecified atom stereocenters. The zero-order chi connectivity index (χ0) is 15.5. The van der Waals surface area contributed by atoms with Crippen molar-refractivity contribution >= 4 is 22.6 Å². The summed E-state index contributed by atoms with van der Waals surface area (Å²) in [7, 11) is 0. The van der Waals surface area contributed by atoms with Crippen LogP contribution in [0.4, 0.5) is 0 Å². The van der Waals surface area contributed by atoms with E-state index in [2.05, 4.69) is 4.99 Å². The Balaban J connectivity index is 2.20. The lowest BCUT2D eigenvalue weighted by Crippen LogP contribution is -2.11. The molecule has 0 radical (unpaired) electrons. The molecule has 1 aromatic heterocycles. The van der Waals surface area contributed by atoms with Gasteiger partial charge in [0.1, 0.15) is 11.3 Å². The van der Waals surface area contributed by atoms with E-state index >= 15 is 0 Å². The molecule has 22 heavy (non-hydrogen) atoms. The first-order valence-corrected chi connectivity index (χ1v) is 7.48. The first-order chi connectivity index (χ1) is 10.6. The number of fused-ring (bicyclic) bond motifs is 1. The number of rotatable bonds is 3. The predicted molar refractivity (Wildman–Crippen MR) is 88.8 cm³/mol. The standard InChI is InChI=1S/C18H16ClNO2/c1-12(21)11-20-16-10-18(13-6-8-14(19)9-7-13)22-17-5-3-2-4-15(16)17/h2-10,12,21H,11H2,1H3/t12-/m0/s1. The summed E-state index contributed by atoms with van der Waals surface area (Å²) in [5, 5.41) is 11.9. The van der Waals surface area contributed by atoms with Gasteiger partial charge in [-0.3, -0.25) is 4.99 Å². The molecule has 0 saturated carbocycles. The molecule has 3 aromatic rings. The minimum absolute atomic E-state index is 0.355. The Morgan fingerprint density at radius 2 is 1.86 bits per heavy atom. The quantitative estimate of drug-likeness (QED) is 0.793. The van der Waals surface area contributed by atoms with Crippen LogP contribution in [-0.2, 0) is 0 Å². The molecule has 0 bridgehead atoms. The summed E-state index contributed by atoms with van der Waals surface area (Å²) in [5.41, 5.74) is 1.70. The average Bonchev–Trinajstić information content (AvgIpc) is 2.53. The first kappa shape index (κ1) is 14.8. The van der Waals surface area contributed by atoms with E-state index in [1.165, 1.54) is 0 Å². The summed E-state index contributed by atoms with van der Waals surface area (Å²) in [6.45, 7) is 2.08. The van der Waals surface area contributed by atoms with Gasteiger partial charge in [0, 0.05) is 22.0 Å². The van der Waals surface area contributed by atoms with E-state index in [4.69, 9.17) is 16.0 Å². The van der Waals surface area contributed by atoms with Gasteiger partial charge in [0.2, 0.25) is 0 Å². The number of aliphatic hydroxyl groups excluding tert-OH is 1. The van der Waals surface area contributed by atoms with E-state index < -0.39 is 6.10 Å². The monoisotopic (exact) mass is 313 g/mol. The van der Waals surface area contributed by atoms with Crippen molar-refractivity contribution in [2.24, 2.45) is 4.99 Å². The molecule has 0 aliphatic rings. The summed E-state index contributed by atoms with van der Waals surface area (Å²) in [5.74, 6) is 0.722. The maximum Gasteiger partial charge on any atom is 0.136 e. The van der Waals surface area contributed by atoms with Gasteiger partial charge in [0.15, 0.2) is 0 Å². The normalized spacial score (nSPS) is 13.5. The second kappa shape index (κ2) is 6.34. The van der Waals surface area contributed by atoms with Crippen LogP contribution in [0, 0.1) is 0 Å². The first-order valence-electron chi connectivity index (χ1n) is 7.11. The average molecular weight is 314 g/mol. The number of nitrogens with zero attached hydrogens (tertiary/aromatic N) is 1. The number of hydrogen-bond donors (Lipinski definition) is 1. The zero-order valence-corrected chi connectivity index (χ0v) is 12.9. The van der Waals surface area contributed by atoms with Gasteiger partial charge in [-0.15, -0.1) is 0 Å². The van der Waals surface area contributed by atoms with Gasteiger partial charge in [-0.05, 0) is 43.3 Å². The fourth-order valence-electron chi connectivity index (χ4n) is 2.23. The van der Waals surface area contributed by atoms with Gasteiger partial charge in [-0.2, -0.15) is 0 Å². The van der Waals surface area contributed by atoms with Gasteiger partial charge in [-0.1, -0.05) is 23.7 Å². The van der Waals surface area contributed by atoms with Crippen molar-refractivity contribution in [1.82, 2.24) is 0 Å². The lowest BCUT2D eigenvalue weighted by Gasteiger charge is -2.05. The van der Waals surface area contributed by atoms with Crippen molar-refractivity contribution in [2.45, 2.75) is 13.0 Å². The molecular formula is C18H16ClNO2. The molecule has 0 aliphatic heterocycles. The van der Waals surface area contributed by atoms with Crippen LogP contribution in [0.25, 0.3) is 22.3 Å². The van der Waals surface area contributed by atoms with Crippen LogP contribution < -0.4 is 5.36 Å².